The molecule has 0 bridgehead atoms. The lowest BCUT2D eigenvalue weighted by molar-refractivity contribution is -0.116. The number of imide groups is 1. The molecular weight excluding hydrogens is 278 g/mol. The highest BCUT2D eigenvalue weighted by molar-refractivity contribution is 6.24. The summed E-state index contributed by atoms with van der Waals surface area (Å²) in [5.41, 5.74) is 9.12. The van der Waals surface area contributed by atoms with E-state index in [4.69, 9.17) is 5.73 Å². The summed E-state index contributed by atoms with van der Waals surface area (Å²) in [5, 5.41) is 0. The smallest absolute Gasteiger partial charge is 0.326 e. The zero-order valence-electron chi connectivity index (χ0n) is 12.1. The first-order valence-electron chi connectivity index (χ1n) is 6.91. The highest BCUT2D eigenvalue weighted by Crippen LogP contribution is 2.28. The summed E-state index contributed by atoms with van der Waals surface area (Å²) in [7, 11) is 0. The van der Waals surface area contributed by atoms with Crippen LogP contribution in [0.25, 0.3) is 0 Å². The van der Waals surface area contributed by atoms with E-state index in [1.165, 1.54) is 0 Å². The lowest BCUT2D eigenvalue weighted by Crippen LogP contribution is -2.42. The minimum atomic E-state index is -0.790. The van der Waals surface area contributed by atoms with E-state index in [1.54, 1.807) is 6.07 Å². The fraction of sp³-hybridized carbons (Fsp3) is 0.118. The molecule has 0 spiro atoms. The number of hydrogen-bond acceptors (Lipinski definition) is 3. The van der Waals surface area contributed by atoms with Crippen molar-refractivity contribution in [1.82, 2.24) is 0 Å². The molecule has 1 aliphatic rings. The van der Waals surface area contributed by atoms with Crippen LogP contribution in [0.2, 0.25) is 0 Å². The maximum atomic E-state index is 12.2. The summed E-state index contributed by atoms with van der Waals surface area (Å²) >= 11 is 0. The number of anilines is 1. The number of benzodiazepines with no additional fused rings is 1. The molecule has 5 nitrogen and oxygen atoms in total. The highest BCUT2D eigenvalue weighted by Gasteiger charge is 2.28. The molecule has 2 aromatic carbocycles. The van der Waals surface area contributed by atoms with Crippen molar-refractivity contribution >= 4 is 23.3 Å². The van der Waals surface area contributed by atoms with Gasteiger partial charge in [0.25, 0.3) is 5.91 Å². The van der Waals surface area contributed by atoms with Gasteiger partial charge in [0.2, 0.25) is 0 Å². The standard InChI is InChI=1S/C17H15N3O2/c1-11-7-8-13-14(9-11)20(17(18)22)15(21)10-19-16(13)12-5-3-2-4-6-12/h2-9H,10H2,1H3,(H2,18,22). The van der Waals surface area contributed by atoms with Crippen molar-refractivity contribution < 1.29 is 9.59 Å². The molecule has 0 fully saturated rings. The van der Waals surface area contributed by atoms with Gasteiger partial charge in [-0.3, -0.25) is 9.79 Å². The Hall–Kier alpha value is -2.95. The number of fused-ring (bicyclic) bond motifs is 1. The topological polar surface area (TPSA) is 75.8 Å². The van der Waals surface area contributed by atoms with E-state index in [0.29, 0.717) is 11.4 Å². The number of benzene rings is 2. The van der Waals surface area contributed by atoms with Crippen LogP contribution in [0.3, 0.4) is 0 Å². The predicted molar refractivity (Wildman–Crippen MR) is 85.2 cm³/mol. The summed E-state index contributed by atoms with van der Waals surface area (Å²) < 4.78 is 0. The van der Waals surface area contributed by atoms with E-state index in [9.17, 15) is 9.59 Å². The lowest BCUT2D eigenvalue weighted by atomic mass is 9.99. The molecule has 0 saturated carbocycles. The summed E-state index contributed by atoms with van der Waals surface area (Å²) in [6.45, 7) is 1.79. The summed E-state index contributed by atoms with van der Waals surface area (Å²) in [6.07, 6.45) is 0. The molecule has 2 N–H and O–H groups in total. The van der Waals surface area contributed by atoms with E-state index in [1.807, 2.05) is 49.4 Å². The van der Waals surface area contributed by atoms with E-state index >= 15 is 0 Å². The van der Waals surface area contributed by atoms with Crippen LogP contribution in [0.15, 0.2) is 53.5 Å². The molecule has 110 valence electrons. The highest BCUT2D eigenvalue weighted by atomic mass is 16.2. The third-order valence-electron chi connectivity index (χ3n) is 3.54. The van der Waals surface area contributed by atoms with E-state index in [0.717, 1.165) is 21.6 Å². The Morgan fingerprint density at radius 3 is 2.59 bits per heavy atom. The number of nitrogens with zero attached hydrogens (tertiary/aromatic N) is 2. The van der Waals surface area contributed by atoms with E-state index in [2.05, 4.69) is 4.99 Å². The average molecular weight is 293 g/mol. The minimum absolute atomic E-state index is 0.110. The third-order valence-corrected chi connectivity index (χ3v) is 3.54. The number of nitrogens with two attached hydrogens (primary N) is 1. The summed E-state index contributed by atoms with van der Waals surface area (Å²) in [6, 6.07) is 14.4. The molecule has 22 heavy (non-hydrogen) atoms. The van der Waals surface area contributed by atoms with Gasteiger partial charge in [-0.05, 0) is 18.6 Å². The Morgan fingerprint density at radius 2 is 1.91 bits per heavy atom. The Balaban J connectivity index is 2.24. The van der Waals surface area contributed by atoms with Crippen molar-refractivity contribution in [1.29, 1.82) is 0 Å². The minimum Gasteiger partial charge on any atom is -0.351 e. The number of amides is 3. The number of urea groups is 1. The molecule has 0 radical (unpaired) electrons. The Morgan fingerprint density at radius 1 is 1.18 bits per heavy atom. The second-order valence-electron chi connectivity index (χ2n) is 5.12. The number of hydrogen-bond donors (Lipinski definition) is 1. The zero-order valence-corrected chi connectivity index (χ0v) is 12.1. The van der Waals surface area contributed by atoms with Crippen LogP contribution < -0.4 is 10.6 Å². The molecule has 1 heterocycles. The molecule has 1 aliphatic heterocycles. The predicted octanol–water partition coefficient (Wildman–Crippen LogP) is 2.26. The van der Waals surface area contributed by atoms with Gasteiger partial charge in [-0.25, -0.2) is 9.69 Å². The third kappa shape index (κ3) is 2.37. The fourth-order valence-corrected chi connectivity index (χ4v) is 2.55. The first kappa shape index (κ1) is 14.0. The molecule has 0 saturated heterocycles. The fourth-order valence-electron chi connectivity index (χ4n) is 2.55. The molecule has 2 aromatic rings. The molecule has 0 atom stereocenters. The van der Waals surface area contributed by atoms with Crippen LogP contribution in [0, 0.1) is 6.92 Å². The average Bonchev–Trinajstić information content (AvgIpc) is 2.63. The van der Waals surface area contributed by atoms with Gasteiger partial charge in [0.05, 0.1) is 11.4 Å². The van der Waals surface area contributed by atoms with Crippen LogP contribution in [0.4, 0.5) is 10.5 Å². The molecule has 0 unspecified atom stereocenters. The van der Waals surface area contributed by atoms with Crippen LogP contribution in [-0.2, 0) is 4.79 Å². The van der Waals surface area contributed by atoms with Gasteiger partial charge in [0.1, 0.15) is 6.54 Å². The van der Waals surface area contributed by atoms with E-state index < -0.39 is 11.9 Å². The molecule has 3 rings (SSSR count). The van der Waals surface area contributed by atoms with Crippen molar-refractivity contribution in [2.75, 3.05) is 11.4 Å². The summed E-state index contributed by atoms with van der Waals surface area (Å²) in [5.74, 6) is -0.426. The van der Waals surface area contributed by atoms with Gasteiger partial charge in [-0.1, -0.05) is 42.5 Å². The quantitative estimate of drug-likeness (QED) is 0.875. The monoisotopic (exact) mass is 293 g/mol. The first-order chi connectivity index (χ1) is 10.6. The Bertz CT molecular complexity index is 782. The molecule has 0 aliphatic carbocycles. The largest absolute Gasteiger partial charge is 0.351 e. The normalized spacial score (nSPS) is 14.1. The zero-order chi connectivity index (χ0) is 15.7. The van der Waals surface area contributed by atoms with Gasteiger partial charge in [0, 0.05) is 11.1 Å². The SMILES string of the molecule is Cc1ccc2c(c1)N(C(N)=O)C(=O)CN=C2c1ccccc1. The number of carbonyl (C=O) groups is 2. The summed E-state index contributed by atoms with van der Waals surface area (Å²) in [4.78, 5) is 29.3. The molecule has 3 amide bonds. The van der Waals surface area contributed by atoms with Crippen molar-refractivity contribution in [3.63, 3.8) is 0 Å². The number of carbonyl (C=O) groups excluding carboxylic acids is 2. The number of aryl methyl sites for hydroxylation is 1. The number of aliphatic imine (C=N–C) groups is 1. The second-order valence-corrected chi connectivity index (χ2v) is 5.12. The van der Waals surface area contributed by atoms with Crippen molar-refractivity contribution in [3.8, 4) is 0 Å². The van der Waals surface area contributed by atoms with Crippen LogP contribution in [0.5, 0.6) is 0 Å². The number of rotatable bonds is 1. The van der Waals surface area contributed by atoms with E-state index in [-0.39, 0.29) is 6.54 Å². The lowest BCUT2D eigenvalue weighted by Gasteiger charge is -2.19. The van der Waals surface area contributed by atoms with Crippen molar-refractivity contribution in [2.24, 2.45) is 10.7 Å². The van der Waals surface area contributed by atoms with Crippen molar-refractivity contribution in [2.45, 2.75) is 6.92 Å². The molecular formula is C17H15N3O2. The Kier molecular flexibility index (Phi) is 3.47. The van der Waals surface area contributed by atoms with Crippen LogP contribution >= 0.6 is 0 Å². The van der Waals surface area contributed by atoms with Gasteiger partial charge in [-0.2, -0.15) is 0 Å². The number of primary amides is 1. The molecule has 5 heteroatoms. The maximum absolute atomic E-state index is 12.2. The van der Waals surface area contributed by atoms with Gasteiger partial charge >= 0.3 is 6.03 Å². The van der Waals surface area contributed by atoms with Gasteiger partial charge < -0.3 is 5.73 Å². The maximum Gasteiger partial charge on any atom is 0.326 e. The van der Waals surface area contributed by atoms with Gasteiger partial charge in [0.15, 0.2) is 0 Å². The molecule has 0 aromatic heterocycles. The van der Waals surface area contributed by atoms with Gasteiger partial charge in [-0.15, -0.1) is 0 Å². The van der Waals surface area contributed by atoms with Crippen molar-refractivity contribution in [3.05, 3.63) is 65.2 Å². The first-order valence-corrected chi connectivity index (χ1v) is 6.91. The Labute approximate surface area is 128 Å². The van der Waals surface area contributed by atoms with Crippen LogP contribution in [-0.4, -0.2) is 24.2 Å². The second kappa shape index (κ2) is 5.44. The van der Waals surface area contributed by atoms with Crippen LogP contribution in [0.1, 0.15) is 16.7 Å².